The van der Waals surface area contributed by atoms with Crippen molar-refractivity contribution in [2.75, 3.05) is 13.1 Å². The van der Waals surface area contributed by atoms with Crippen LogP contribution >= 0.6 is 0 Å². The van der Waals surface area contributed by atoms with Crippen LogP contribution in [0.2, 0.25) is 19.6 Å². The maximum absolute atomic E-state index is 6.84. The van der Waals surface area contributed by atoms with Gasteiger partial charge >= 0.3 is 6.02 Å². The molecule has 0 atom stereocenters. The molecule has 0 aliphatic carbocycles. The monoisotopic (exact) mass is 329 g/mol. The number of nitrogens with two attached hydrogens (primary N) is 1. The van der Waals surface area contributed by atoms with Gasteiger partial charge in [0.25, 0.3) is 0 Å². The minimum absolute atomic E-state index is 0.00767. The summed E-state index contributed by atoms with van der Waals surface area (Å²) in [6, 6.07) is 8.32. The highest BCUT2D eigenvalue weighted by Gasteiger charge is 2.29. The topological polar surface area (TPSA) is 87.1 Å². The molecular weight excluding hydrogens is 306 g/mol. The van der Waals surface area contributed by atoms with Crippen molar-refractivity contribution in [1.29, 1.82) is 5.53 Å². The van der Waals surface area contributed by atoms with Crippen molar-refractivity contribution < 1.29 is 4.74 Å². The number of hydrazone groups is 1. The van der Waals surface area contributed by atoms with E-state index < -0.39 is 8.07 Å². The summed E-state index contributed by atoms with van der Waals surface area (Å²) in [6.07, 6.45) is 0.00767. The fraction of sp³-hybridized carbons (Fsp3) is 0.438. The molecule has 0 amide bonds. The second kappa shape index (κ2) is 7.40. The van der Waals surface area contributed by atoms with Gasteiger partial charge in [-0.3, -0.25) is 4.90 Å². The Morgan fingerprint density at radius 3 is 2.52 bits per heavy atom. The molecule has 0 bridgehead atoms. The summed E-state index contributed by atoms with van der Waals surface area (Å²) in [5, 5.41) is 6.40. The average Bonchev–Trinajstić information content (AvgIpc) is 2.48. The van der Waals surface area contributed by atoms with E-state index in [1.54, 1.807) is 0 Å². The number of nitrogens with zero attached hydrogens (tertiary/aromatic N) is 3. The summed E-state index contributed by atoms with van der Waals surface area (Å²) >= 11 is 0. The van der Waals surface area contributed by atoms with Gasteiger partial charge in [-0.25, -0.2) is 0 Å². The van der Waals surface area contributed by atoms with Crippen LogP contribution in [-0.4, -0.2) is 38.2 Å². The van der Waals surface area contributed by atoms with E-state index in [1.807, 2.05) is 0 Å². The zero-order valence-corrected chi connectivity index (χ0v) is 14.8. The quantitative estimate of drug-likeness (QED) is 0.170. The number of benzene rings is 1. The largest absolute Gasteiger partial charge is 0.455 e. The predicted octanol–water partition coefficient (Wildman–Crippen LogP) is 2.38. The Hall–Kier alpha value is -2.17. The second-order valence-electron chi connectivity index (χ2n) is 6.65. The highest BCUT2D eigenvalue weighted by Crippen LogP contribution is 2.16. The first-order chi connectivity index (χ1) is 10.9. The van der Waals surface area contributed by atoms with Gasteiger partial charge in [-0.05, 0) is 17.7 Å². The molecule has 0 spiro atoms. The molecule has 0 unspecified atom stereocenters. The highest BCUT2D eigenvalue weighted by atomic mass is 28.3. The summed E-state index contributed by atoms with van der Waals surface area (Å²) in [5.41, 5.74) is 12.5. The molecule has 1 aliphatic heterocycles. The van der Waals surface area contributed by atoms with E-state index in [9.17, 15) is 0 Å². The van der Waals surface area contributed by atoms with Gasteiger partial charge in [-0.2, -0.15) is 5.53 Å². The fourth-order valence-corrected chi connectivity index (χ4v) is 2.69. The van der Waals surface area contributed by atoms with Crippen LogP contribution in [0.15, 0.2) is 34.5 Å². The molecule has 7 heteroatoms. The number of hydrogen-bond acceptors (Lipinski definition) is 5. The number of amidine groups is 1. The van der Waals surface area contributed by atoms with Gasteiger partial charge in [0.2, 0.25) is 0 Å². The Labute approximate surface area is 138 Å². The van der Waals surface area contributed by atoms with Gasteiger partial charge in [-0.15, -0.1) is 10.6 Å². The standard InChI is InChI=1S/C16H23N5OSi/c1-23(2,3)9-8-13-4-6-14(7-5-13)10-21-11-15(12-21)22-16(19-17)20-18/h4-7,15,17H,10-12,18H2,1-3H3. The molecule has 1 heterocycles. The Bertz CT molecular complexity index is 633. The number of rotatable bonds is 3. The third-order valence-electron chi connectivity index (χ3n) is 3.34. The summed E-state index contributed by atoms with van der Waals surface area (Å²) in [7, 11) is -1.33. The van der Waals surface area contributed by atoms with E-state index in [0.29, 0.717) is 0 Å². The van der Waals surface area contributed by atoms with Crippen LogP contribution in [0.25, 0.3) is 0 Å². The molecule has 0 radical (unpaired) electrons. The molecule has 0 saturated carbocycles. The Morgan fingerprint density at radius 2 is 2.00 bits per heavy atom. The molecule has 2 rings (SSSR count). The van der Waals surface area contributed by atoms with E-state index in [1.165, 1.54) is 5.56 Å². The zero-order chi connectivity index (χ0) is 16.9. The summed E-state index contributed by atoms with van der Waals surface area (Å²) in [4.78, 5) is 2.26. The molecule has 122 valence electrons. The zero-order valence-electron chi connectivity index (χ0n) is 13.8. The van der Waals surface area contributed by atoms with Gasteiger partial charge < -0.3 is 10.6 Å². The second-order valence-corrected chi connectivity index (χ2v) is 11.4. The smallest absolute Gasteiger partial charge is 0.352 e. The molecular formula is C16H23N5OSi. The van der Waals surface area contributed by atoms with Crippen molar-refractivity contribution in [3.63, 3.8) is 0 Å². The van der Waals surface area contributed by atoms with E-state index >= 15 is 0 Å². The lowest BCUT2D eigenvalue weighted by Gasteiger charge is -2.38. The van der Waals surface area contributed by atoms with Crippen molar-refractivity contribution >= 4 is 14.1 Å². The first-order valence-electron chi connectivity index (χ1n) is 7.56. The van der Waals surface area contributed by atoms with Crippen molar-refractivity contribution in [2.45, 2.75) is 32.3 Å². The van der Waals surface area contributed by atoms with Crippen molar-refractivity contribution in [3.8, 4) is 11.5 Å². The minimum atomic E-state index is -1.33. The molecule has 1 aromatic carbocycles. The average molecular weight is 329 g/mol. The van der Waals surface area contributed by atoms with Gasteiger partial charge in [0.1, 0.15) is 14.2 Å². The SMILES string of the molecule is C[Si](C)(C)C#Cc1ccc(CN2CC(OC(N=N)=NN)C2)cc1. The highest BCUT2D eigenvalue weighted by molar-refractivity contribution is 6.83. The lowest BCUT2D eigenvalue weighted by Crippen LogP contribution is -2.52. The molecule has 1 saturated heterocycles. The normalized spacial score (nSPS) is 16.2. The molecule has 1 fully saturated rings. The van der Waals surface area contributed by atoms with Crippen LogP contribution in [0.1, 0.15) is 11.1 Å². The van der Waals surface area contributed by atoms with E-state index in [0.717, 1.165) is 25.2 Å². The van der Waals surface area contributed by atoms with Crippen molar-refractivity contribution in [2.24, 2.45) is 16.1 Å². The van der Waals surface area contributed by atoms with E-state index in [-0.39, 0.29) is 12.1 Å². The Kier molecular flexibility index (Phi) is 5.53. The molecule has 3 N–H and O–H groups in total. The number of hydrogen-bond donors (Lipinski definition) is 2. The number of nitrogens with one attached hydrogen (secondary N) is 1. The third kappa shape index (κ3) is 5.51. The number of likely N-dealkylation sites (tertiary alicyclic amines) is 1. The van der Waals surface area contributed by atoms with Crippen LogP contribution in [0, 0.1) is 17.0 Å². The Balaban J connectivity index is 1.82. The van der Waals surface area contributed by atoms with Crippen LogP contribution in [0.3, 0.4) is 0 Å². The molecule has 1 aromatic rings. The van der Waals surface area contributed by atoms with Crippen LogP contribution in [0.5, 0.6) is 0 Å². The summed E-state index contributed by atoms with van der Waals surface area (Å²) in [6.45, 7) is 9.16. The van der Waals surface area contributed by atoms with Gasteiger partial charge in [0.05, 0.1) is 0 Å². The van der Waals surface area contributed by atoms with Gasteiger partial charge in [0.15, 0.2) is 0 Å². The lowest BCUT2D eigenvalue weighted by molar-refractivity contribution is 0.00488. The van der Waals surface area contributed by atoms with Gasteiger partial charge in [-0.1, -0.05) is 42.8 Å². The maximum atomic E-state index is 6.84. The molecule has 23 heavy (non-hydrogen) atoms. The van der Waals surface area contributed by atoms with Gasteiger partial charge in [0, 0.05) is 25.2 Å². The fourth-order valence-electron chi connectivity index (χ4n) is 2.17. The molecule has 6 nitrogen and oxygen atoms in total. The summed E-state index contributed by atoms with van der Waals surface area (Å²) in [5.74, 6) is 8.32. The van der Waals surface area contributed by atoms with Crippen molar-refractivity contribution in [3.05, 3.63) is 35.4 Å². The Morgan fingerprint density at radius 1 is 1.35 bits per heavy atom. The lowest BCUT2D eigenvalue weighted by atomic mass is 10.1. The van der Waals surface area contributed by atoms with E-state index in [4.69, 9.17) is 16.1 Å². The number of ether oxygens (including phenoxy) is 1. The van der Waals surface area contributed by atoms with Crippen LogP contribution in [-0.2, 0) is 11.3 Å². The first kappa shape index (κ1) is 17.2. The molecule has 1 aliphatic rings. The van der Waals surface area contributed by atoms with Crippen LogP contribution in [0.4, 0.5) is 0 Å². The predicted molar refractivity (Wildman–Crippen MR) is 93.6 cm³/mol. The van der Waals surface area contributed by atoms with Crippen molar-refractivity contribution in [1.82, 2.24) is 4.90 Å². The third-order valence-corrected chi connectivity index (χ3v) is 4.22. The van der Waals surface area contributed by atoms with Crippen LogP contribution < -0.4 is 5.84 Å². The minimum Gasteiger partial charge on any atom is -0.455 e. The van der Waals surface area contributed by atoms with E-state index in [2.05, 4.69) is 70.5 Å². The maximum Gasteiger partial charge on any atom is 0.352 e. The first-order valence-corrected chi connectivity index (χ1v) is 11.1. The summed E-state index contributed by atoms with van der Waals surface area (Å²) < 4.78 is 5.35. The molecule has 0 aromatic heterocycles.